The largest absolute Gasteiger partial charge is 0.497 e. The highest BCUT2D eigenvalue weighted by Crippen LogP contribution is 2.47. The Bertz CT molecular complexity index is 1490. The minimum absolute atomic E-state index is 0.0550. The first-order valence-corrected chi connectivity index (χ1v) is 14.0. The van der Waals surface area contributed by atoms with Crippen LogP contribution in [0.1, 0.15) is 62.6 Å². The summed E-state index contributed by atoms with van der Waals surface area (Å²) in [5.74, 6) is 0.467. The lowest BCUT2D eigenvalue weighted by atomic mass is 9.98. The second kappa shape index (κ2) is 11.4. The highest BCUT2D eigenvalue weighted by atomic mass is 19.4. The summed E-state index contributed by atoms with van der Waals surface area (Å²) in [6.45, 7) is 8.14. The summed E-state index contributed by atoms with van der Waals surface area (Å²) in [6.07, 6.45) is -6.32. The number of hydrogen-bond donors (Lipinski definition) is 0. The standard InChI is InChI=1S/C30H34F3N5O5/c1-18-16-23(35-38(18)20-11-14-36(15-12-20)27(39)43-29(2,3)4)22-10-13-34-26-24(22)25(30(31,32)33)42-28(40)37(26)17-19-6-8-21(41-5)9-7-19/h6-10,13,16,20,25H,11-12,14-15,17H2,1-5H3/t25-/m1/s1. The SMILES string of the molecule is COc1ccc(CN2C(=O)O[C@@H](C(F)(F)F)c3c(-c4cc(C)n(C5CCN(C(=O)OC(C)(C)C)CC5)n4)ccnc32)cc1. The maximum Gasteiger partial charge on any atom is 0.430 e. The van der Waals surface area contributed by atoms with Crippen LogP contribution < -0.4 is 9.64 Å². The molecule has 0 spiro atoms. The quantitative estimate of drug-likeness (QED) is 0.325. The van der Waals surface area contributed by atoms with Gasteiger partial charge in [-0.2, -0.15) is 18.3 Å². The van der Waals surface area contributed by atoms with E-state index in [9.17, 15) is 22.8 Å². The highest BCUT2D eigenvalue weighted by molar-refractivity contribution is 5.91. The molecule has 43 heavy (non-hydrogen) atoms. The summed E-state index contributed by atoms with van der Waals surface area (Å²) in [5, 5.41) is 4.72. The van der Waals surface area contributed by atoms with Gasteiger partial charge in [0, 0.05) is 30.5 Å². The number of carbonyl (C=O) groups is 2. The third kappa shape index (κ3) is 6.40. The fourth-order valence-corrected chi connectivity index (χ4v) is 5.36. The lowest BCUT2D eigenvalue weighted by Crippen LogP contribution is -2.42. The Morgan fingerprint density at radius 3 is 2.37 bits per heavy atom. The van der Waals surface area contributed by atoms with E-state index in [1.807, 2.05) is 27.7 Å². The Hall–Kier alpha value is -4.29. The molecule has 13 heteroatoms. The van der Waals surface area contributed by atoms with Gasteiger partial charge in [0.25, 0.3) is 0 Å². The Kier molecular flexibility index (Phi) is 8.01. The molecule has 4 heterocycles. The Balaban J connectivity index is 1.45. The maximum absolute atomic E-state index is 14.3. The Labute approximate surface area is 247 Å². The van der Waals surface area contributed by atoms with Crippen LogP contribution in [-0.2, 0) is 16.0 Å². The average molecular weight is 602 g/mol. The molecule has 1 atom stereocenters. The van der Waals surface area contributed by atoms with Gasteiger partial charge in [-0.1, -0.05) is 12.1 Å². The molecule has 0 bridgehead atoms. The summed E-state index contributed by atoms with van der Waals surface area (Å²) in [5.41, 5.74) is 1.02. The maximum atomic E-state index is 14.3. The number of benzene rings is 1. The second-order valence-corrected chi connectivity index (χ2v) is 11.6. The summed E-state index contributed by atoms with van der Waals surface area (Å²) in [7, 11) is 1.52. The van der Waals surface area contributed by atoms with Crippen molar-refractivity contribution >= 4 is 18.0 Å². The number of anilines is 1. The number of aromatic nitrogens is 3. The summed E-state index contributed by atoms with van der Waals surface area (Å²) >= 11 is 0. The molecule has 0 unspecified atom stereocenters. The molecule has 2 amide bonds. The highest BCUT2D eigenvalue weighted by Gasteiger charge is 2.51. The van der Waals surface area contributed by atoms with Crippen LogP contribution in [0.3, 0.4) is 0 Å². The number of methoxy groups -OCH3 is 1. The molecule has 0 radical (unpaired) electrons. The van der Waals surface area contributed by atoms with E-state index in [2.05, 4.69) is 4.98 Å². The topological polar surface area (TPSA) is 99.0 Å². The molecule has 0 saturated carbocycles. The molecule has 230 valence electrons. The van der Waals surface area contributed by atoms with Crippen molar-refractivity contribution in [3.63, 3.8) is 0 Å². The zero-order chi connectivity index (χ0) is 31.1. The van der Waals surface area contributed by atoms with E-state index in [1.165, 1.54) is 19.4 Å². The van der Waals surface area contributed by atoms with Gasteiger partial charge in [-0.15, -0.1) is 0 Å². The van der Waals surface area contributed by atoms with Gasteiger partial charge in [0.1, 0.15) is 17.2 Å². The van der Waals surface area contributed by atoms with Gasteiger partial charge >= 0.3 is 18.4 Å². The van der Waals surface area contributed by atoms with Gasteiger partial charge in [0.2, 0.25) is 6.10 Å². The molecule has 1 fully saturated rings. The predicted octanol–water partition coefficient (Wildman–Crippen LogP) is 6.59. The molecule has 2 aliphatic rings. The number of fused-ring (bicyclic) bond motifs is 1. The molecule has 1 saturated heterocycles. The first kappa shape index (κ1) is 30.2. The lowest BCUT2D eigenvalue weighted by Gasteiger charge is -2.34. The van der Waals surface area contributed by atoms with Crippen molar-refractivity contribution in [2.45, 2.75) is 71.0 Å². The number of aryl methyl sites for hydroxylation is 1. The average Bonchev–Trinajstić information content (AvgIpc) is 3.34. The molecule has 2 aromatic heterocycles. The number of hydrogen-bond acceptors (Lipinski definition) is 7. The number of alkyl halides is 3. The van der Waals surface area contributed by atoms with Crippen molar-refractivity contribution in [3.8, 4) is 17.0 Å². The van der Waals surface area contributed by atoms with Gasteiger partial charge in [-0.05, 0) is 70.4 Å². The fourth-order valence-electron chi connectivity index (χ4n) is 5.36. The van der Waals surface area contributed by atoms with Gasteiger partial charge in [-0.3, -0.25) is 9.58 Å². The molecule has 1 aromatic carbocycles. The molecule has 5 rings (SSSR count). The number of pyridine rings is 1. The summed E-state index contributed by atoms with van der Waals surface area (Å²) in [4.78, 5) is 32.3. The molecular weight excluding hydrogens is 567 g/mol. The van der Waals surface area contributed by atoms with E-state index in [1.54, 1.807) is 39.9 Å². The number of nitrogens with zero attached hydrogens (tertiary/aromatic N) is 5. The minimum Gasteiger partial charge on any atom is -0.497 e. The van der Waals surface area contributed by atoms with E-state index >= 15 is 0 Å². The van der Waals surface area contributed by atoms with Gasteiger partial charge in [-0.25, -0.2) is 14.6 Å². The van der Waals surface area contributed by atoms with Crippen LogP contribution in [-0.4, -0.2) is 63.8 Å². The van der Waals surface area contributed by atoms with Crippen molar-refractivity contribution in [1.29, 1.82) is 0 Å². The second-order valence-electron chi connectivity index (χ2n) is 11.6. The number of carbonyl (C=O) groups excluding carboxylic acids is 2. The van der Waals surface area contributed by atoms with E-state index in [4.69, 9.17) is 19.3 Å². The van der Waals surface area contributed by atoms with Crippen molar-refractivity contribution in [2.24, 2.45) is 0 Å². The number of piperidine rings is 1. The zero-order valence-corrected chi connectivity index (χ0v) is 24.6. The third-order valence-electron chi connectivity index (χ3n) is 7.38. The smallest absolute Gasteiger partial charge is 0.430 e. The number of amides is 2. The van der Waals surface area contributed by atoms with Crippen molar-refractivity contribution in [2.75, 3.05) is 25.1 Å². The molecule has 0 aliphatic carbocycles. The third-order valence-corrected chi connectivity index (χ3v) is 7.38. The molecule has 2 aliphatic heterocycles. The number of ether oxygens (including phenoxy) is 3. The van der Waals surface area contributed by atoms with Crippen LogP contribution in [0.4, 0.5) is 28.6 Å². The van der Waals surface area contributed by atoms with E-state index < -0.39 is 24.0 Å². The Morgan fingerprint density at radius 2 is 1.77 bits per heavy atom. The molecule has 10 nitrogen and oxygen atoms in total. The van der Waals surface area contributed by atoms with Crippen LogP contribution in [0.2, 0.25) is 0 Å². The zero-order valence-electron chi connectivity index (χ0n) is 24.6. The van der Waals surface area contributed by atoms with Crippen LogP contribution >= 0.6 is 0 Å². The van der Waals surface area contributed by atoms with Gasteiger partial charge < -0.3 is 19.1 Å². The summed E-state index contributed by atoms with van der Waals surface area (Å²) in [6, 6.07) is 9.93. The number of cyclic esters (lactones) is 1. The monoisotopic (exact) mass is 601 g/mol. The number of halogens is 3. The first-order chi connectivity index (χ1) is 20.2. The lowest BCUT2D eigenvalue weighted by molar-refractivity contribution is -0.207. The van der Waals surface area contributed by atoms with Crippen LogP contribution in [0.5, 0.6) is 5.75 Å². The molecule has 0 N–H and O–H groups in total. The van der Waals surface area contributed by atoms with Crippen LogP contribution in [0, 0.1) is 6.92 Å². The van der Waals surface area contributed by atoms with E-state index in [0.717, 1.165) is 10.6 Å². The van der Waals surface area contributed by atoms with Gasteiger partial charge in [0.05, 0.1) is 31.0 Å². The minimum atomic E-state index is -4.87. The fraction of sp³-hybridized carbons (Fsp3) is 0.467. The van der Waals surface area contributed by atoms with Crippen LogP contribution in [0.25, 0.3) is 11.3 Å². The molecule has 3 aromatic rings. The normalized spacial score (nSPS) is 17.9. The predicted molar refractivity (Wildman–Crippen MR) is 151 cm³/mol. The van der Waals surface area contributed by atoms with Crippen molar-refractivity contribution in [1.82, 2.24) is 19.7 Å². The summed E-state index contributed by atoms with van der Waals surface area (Å²) < 4.78 is 60.3. The first-order valence-electron chi connectivity index (χ1n) is 14.0. The van der Waals surface area contributed by atoms with Gasteiger partial charge in [0.15, 0.2) is 0 Å². The van der Waals surface area contributed by atoms with E-state index in [-0.39, 0.29) is 35.6 Å². The van der Waals surface area contributed by atoms with Crippen LogP contribution in [0.15, 0.2) is 42.6 Å². The molecular formula is C30H34F3N5O5. The Morgan fingerprint density at radius 1 is 1.09 bits per heavy atom. The van der Waals surface area contributed by atoms with Crippen molar-refractivity contribution < 1.29 is 37.0 Å². The number of likely N-dealkylation sites (tertiary alicyclic amines) is 1. The van der Waals surface area contributed by atoms with Crippen molar-refractivity contribution in [3.05, 3.63) is 59.4 Å². The van der Waals surface area contributed by atoms with E-state index in [0.29, 0.717) is 42.9 Å². The number of rotatable bonds is 5.